The van der Waals surface area contributed by atoms with Gasteiger partial charge in [-0.2, -0.15) is 0 Å². The number of amides is 2. The van der Waals surface area contributed by atoms with E-state index >= 15 is 0 Å². The summed E-state index contributed by atoms with van der Waals surface area (Å²) >= 11 is 13.7. The van der Waals surface area contributed by atoms with Crippen LogP contribution in [0.1, 0.15) is 10.9 Å². The molecule has 3 rings (SSSR count). The van der Waals surface area contributed by atoms with Crippen molar-refractivity contribution >= 4 is 46.7 Å². The van der Waals surface area contributed by atoms with Crippen LogP contribution in [0.4, 0.5) is 19.3 Å². The summed E-state index contributed by atoms with van der Waals surface area (Å²) < 4.78 is 26.7. The van der Waals surface area contributed by atoms with Crippen molar-refractivity contribution in [2.24, 2.45) is 0 Å². The molecule has 24 heavy (non-hydrogen) atoms. The molecule has 1 heterocycles. The lowest BCUT2D eigenvalue weighted by molar-refractivity contribution is 0.214. The van der Waals surface area contributed by atoms with Gasteiger partial charge in [0.2, 0.25) is 0 Å². The summed E-state index contributed by atoms with van der Waals surface area (Å²) in [6.45, 7) is 0.489. The van der Waals surface area contributed by atoms with Crippen molar-refractivity contribution < 1.29 is 13.6 Å². The second-order valence-electron chi connectivity index (χ2n) is 5.14. The van der Waals surface area contributed by atoms with Crippen LogP contribution in [-0.2, 0) is 0 Å². The zero-order valence-corrected chi connectivity index (χ0v) is 14.6. The van der Waals surface area contributed by atoms with E-state index in [9.17, 15) is 13.6 Å². The molecule has 0 saturated carbocycles. The van der Waals surface area contributed by atoms with E-state index in [0.29, 0.717) is 16.6 Å². The van der Waals surface area contributed by atoms with Crippen LogP contribution in [0.5, 0.6) is 0 Å². The van der Waals surface area contributed by atoms with E-state index < -0.39 is 17.7 Å². The Morgan fingerprint density at radius 3 is 2.71 bits per heavy atom. The maximum Gasteiger partial charge on any atom is 0.323 e. The number of carbonyl (C=O) groups excluding carboxylic acids is 1. The van der Waals surface area contributed by atoms with E-state index in [4.69, 9.17) is 23.2 Å². The number of benzene rings is 2. The van der Waals surface area contributed by atoms with Crippen LogP contribution < -0.4 is 5.32 Å². The standard InChI is InChI=1S/C16H12Cl2F2N2OS/c17-9-1-3-11(12(18)7-9)15-22(5-6-24-15)16(23)21-14-4-2-10(19)8-13(14)20/h1-4,7-8,15H,5-6H2,(H,21,23)/t15-/m1/s1. The summed E-state index contributed by atoms with van der Waals surface area (Å²) in [4.78, 5) is 14.0. The van der Waals surface area contributed by atoms with Gasteiger partial charge in [0.15, 0.2) is 0 Å². The molecule has 2 aromatic carbocycles. The number of nitrogens with one attached hydrogen (secondary N) is 1. The monoisotopic (exact) mass is 388 g/mol. The number of halogens is 4. The van der Waals surface area contributed by atoms with Crippen LogP contribution in [0, 0.1) is 11.6 Å². The van der Waals surface area contributed by atoms with Gasteiger partial charge in [-0.3, -0.25) is 0 Å². The van der Waals surface area contributed by atoms with E-state index in [2.05, 4.69) is 5.32 Å². The van der Waals surface area contributed by atoms with E-state index in [0.717, 1.165) is 23.4 Å². The molecule has 1 N–H and O–H groups in total. The maximum atomic E-state index is 13.7. The molecule has 3 nitrogen and oxygen atoms in total. The number of anilines is 1. The number of urea groups is 1. The fourth-order valence-electron chi connectivity index (χ4n) is 2.42. The fourth-order valence-corrected chi connectivity index (χ4v) is 4.28. The van der Waals surface area contributed by atoms with Crippen LogP contribution in [0.3, 0.4) is 0 Å². The molecular formula is C16H12Cl2F2N2OS. The number of thioether (sulfide) groups is 1. The van der Waals surface area contributed by atoms with Crippen molar-refractivity contribution in [2.45, 2.75) is 5.37 Å². The minimum absolute atomic E-state index is 0.0701. The molecule has 0 aromatic heterocycles. The van der Waals surface area contributed by atoms with Gasteiger partial charge in [-0.25, -0.2) is 13.6 Å². The number of rotatable bonds is 2. The van der Waals surface area contributed by atoms with Crippen LogP contribution in [-0.4, -0.2) is 23.2 Å². The third kappa shape index (κ3) is 3.61. The van der Waals surface area contributed by atoms with Crippen LogP contribution in [0.15, 0.2) is 36.4 Å². The Labute approximate surface area is 151 Å². The minimum atomic E-state index is -0.823. The number of hydrogen-bond acceptors (Lipinski definition) is 2. The fraction of sp³-hybridized carbons (Fsp3) is 0.188. The Bertz CT molecular complexity index is 791. The van der Waals surface area contributed by atoms with Crippen molar-refractivity contribution in [1.29, 1.82) is 0 Å². The molecular weight excluding hydrogens is 377 g/mol. The second kappa shape index (κ2) is 7.17. The molecule has 1 atom stereocenters. The van der Waals surface area contributed by atoms with Gasteiger partial charge in [-0.1, -0.05) is 29.3 Å². The van der Waals surface area contributed by atoms with Crippen molar-refractivity contribution in [3.05, 3.63) is 63.6 Å². The molecule has 8 heteroatoms. The number of nitrogens with zero attached hydrogens (tertiary/aromatic N) is 1. The summed E-state index contributed by atoms with van der Waals surface area (Å²) in [5.74, 6) is -0.799. The Morgan fingerprint density at radius 1 is 1.21 bits per heavy atom. The van der Waals surface area contributed by atoms with E-state index in [1.54, 1.807) is 34.9 Å². The van der Waals surface area contributed by atoms with Crippen LogP contribution in [0.25, 0.3) is 0 Å². The molecule has 0 bridgehead atoms. The van der Waals surface area contributed by atoms with Crippen LogP contribution in [0.2, 0.25) is 10.0 Å². The van der Waals surface area contributed by atoms with Gasteiger partial charge in [0.05, 0.1) is 5.69 Å². The van der Waals surface area contributed by atoms with E-state index in [-0.39, 0.29) is 11.1 Å². The first-order valence-corrected chi connectivity index (χ1v) is 8.85. The smallest absolute Gasteiger partial charge is 0.308 e. The Hall–Kier alpha value is -1.50. The van der Waals surface area contributed by atoms with E-state index in [1.807, 2.05) is 0 Å². The van der Waals surface area contributed by atoms with Crippen LogP contribution >= 0.6 is 35.0 Å². The molecule has 0 radical (unpaired) electrons. The Balaban J connectivity index is 1.81. The highest BCUT2D eigenvalue weighted by atomic mass is 35.5. The lowest BCUT2D eigenvalue weighted by atomic mass is 10.2. The molecule has 1 aliphatic rings. The molecule has 2 aromatic rings. The third-order valence-electron chi connectivity index (χ3n) is 3.55. The predicted octanol–water partition coefficient (Wildman–Crippen LogP) is 5.55. The van der Waals surface area contributed by atoms with Gasteiger partial charge in [0.25, 0.3) is 0 Å². The minimum Gasteiger partial charge on any atom is -0.308 e. The van der Waals surface area contributed by atoms with Crippen molar-refractivity contribution in [2.75, 3.05) is 17.6 Å². The molecule has 1 fully saturated rings. The first-order chi connectivity index (χ1) is 11.5. The maximum absolute atomic E-state index is 13.7. The van der Waals surface area contributed by atoms with Gasteiger partial charge in [-0.05, 0) is 24.3 Å². The summed E-state index contributed by atoms with van der Waals surface area (Å²) in [5, 5.41) is 3.16. The van der Waals surface area contributed by atoms with Gasteiger partial charge in [0.1, 0.15) is 17.0 Å². The zero-order valence-electron chi connectivity index (χ0n) is 12.2. The lowest BCUT2D eigenvalue weighted by Crippen LogP contribution is -2.34. The Morgan fingerprint density at radius 2 is 2.00 bits per heavy atom. The first kappa shape index (κ1) is 17.3. The molecule has 1 saturated heterocycles. The molecule has 0 unspecified atom stereocenters. The van der Waals surface area contributed by atoms with Crippen molar-refractivity contribution in [3.8, 4) is 0 Å². The molecule has 126 valence electrons. The highest BCUT2D eigenvalue weighted by molar-refractivity contribution is 7.99. The highest BCUT2D eigenvalue weighted by Gasteiger charge is 2.32. The predicted molar refractivity (Wildman–Crippen MR) is 93.7 cm³/mol. The lowest BCUT2D eigenvalue weighted by Gasteiger charge is -2.25. The zero-order chi connectivity index (χ0) is 17.3. The summed E-state index contributed by atoms with van der Waals surface area (Å²) in [6, 6.07) is 7.63. The molecule has 0 spiro atoms. The number of carbonyl (C=O) groups is 1. The normalized spacial score (nSPS) is 17.2. The third-order valence-corrected chi connectivity index (χ3v) is 5.36. The second-order valence-corrected chi connectivity index (χ2v) is 7.17. The average molecular weight is 389 g/mol. The quantitative estimate of drug-likeness (QED) is 0.730. The van der Waals surface area contributed by atoms with Crippen molar-refractivity contribution in [1.82, 2.24) is 4.90 Å². The van der Waals surface area contributed by atoms with Gasteiger partial charge >= 0.3 is 6.03 Å². The first-order valence-electron chi connectivity index (χ1n) is 7.05. The van der Waals surface area contributed by atoms with Gasteiger partial charge < -0.3 is 10.2 Å². The van der Waals surface area contributed by atoms with Gasteiger partial charge in [-0.15, -0.1) is 11.8 Å². The summed E-state index contributed by atoms with van der Waals surface area (Å²) in [5.41, 5.74) is 0.692. The summed E-state index contributed by atoms with van der Waals surface area (Å²) in [7, 11) is 0. The molecule has 1 aliphatic heterocycles. The number of hydrogen-bond donors (Lipinski definition) is 1. The summed E-state index contributed by atoms with van der Waals surface area (Å²) in [6.07, 6.45) is 0. The highest BCUT2D eigenvalue weighted by Crippen LogP contribution is 2.41. The van der Waals surface area contributed by atoms with Gasteiger partial charge in [0, 0.05) is 34.0 Å². The topological polar surface area (TPSA) is 32.3 Å². The van der Waals surface area contributed by atoms with Crippen molar-refractivity contribution in [3.63, 3.8) is 0 Å². The molecule has 2 amide bonds. The average Bonchev–Trinajstić information content (AvgIpc) is 2.99. The largest absolute Gasteiger partial charge is 0.323 e. The molecule has 0 aliphatic carbocycles. The Kier molecular flexibility index (Phi) is 5.18. The SMILES string of the molecule is O=C(Nc1ccc(F)cc1F)N1CCS[C@@H]1c1ccc(Cl)cc1Cl. The van der Waals surface area contributed by atoms with E-state index in [1.165, 1.54) is 6.07 Å².